The van der Waals surface area contributed by atoms with Crippen LogP contribution in [0.4, 0.5) is 5.69 Å². The first-order valence-corrected chi connectivity index (χ1v) is 13.4. The van der Waals surface area contributed by atoms with Gasteiger partial charge < -0.3 is 10.2 Å². The minimum atomic E-state index is -3.52. The van der Waals surface area contributed by atoms with E-state index in [9.17, 15) is 18.0 Å². The second-order valence-electron chi connectivity index (χ2n) is 8.71. The number of rotatable bonds is 11. The minimum absolute atomic E-state index is 0.135. The molecule has 8 heteroatoms. The zero-order chi connectivity index (χ0) is 25.5. The highest BCUT2D eigenvalue weighted by Crippen LogP contribution is 2.25. The molecule has 186 valence electrons. The summed E-state index contributed by atoms with van der Waals surface area (Å²) < 4.78 is 26.4. The number of carbonyl (C=O) groups is 2. The van der Waals surface area contributed by atoms with Gasteiger partial charge in [-0.15, -0.1) is 0 Å². The van der Waals surface area contributed by atoms with Crippen molar-refractivity contribution in [3.63, 3.8) is 0 Å². The zero-order valence-corrected chi connectivity index (χ0v) is 21.9. The molecule has 0 fully saturated rings. The molecule has 34 heavy (non-hydrogen) atoms. The Morgan fingerprint density at radius 2 is 1.74 bits per heavy atom. The number of hydrogen-bond donors (Lipinski definition) is 1. The Morgan fingerprint density at radius 3 is 2.32 bits per heavy atom. The SMILES string of the molecule is CC[C@H](C(=O)NC)N(Cc1cccc(C)c1)C(=O)CCCN(c1cccc(C)c1C)S(C)(=O)=O. The first-order valence-electron chi connectivity index (χ1n) is 11.6. The van der Waals surface area contributed by atoms with Gasteiger partial charge in [-0.2, -0.15) is 0 Å². The van der Waals surface area contributed by atoms with Gasteiger partial charge in [-0.3, -0.25) is 13.9 Å². The van der Waals surface area contributed by atoms with Crippen molar-refractivity contribution in [2.75, 3.05) is 24.2 Å². The van der Waals surface area contributed by atoms with Crippen LogP contribution in [0.1, 0.15) is 48.4 Å². The van der Waals surface area contributed by atoms with Gasteiger partial charge in [0, 0.05) is 26.6 Å². The van der Waals surface area contributed by atoms with E-state index in [0.717, 1.165) is 22.3 Å². The Kier molecular flexibility index (Phi) is 9.67. The molecule has 0 spiro atoms. The Labute approximate surface area is 204 Å². The van der Waals surface area contributed by atoms with Gasteiger partial charge in [-0.1, -0.05) is 48.9 Å². The molecule has 0 aromatic heterocycles. The molecule has 2 aromatic rings. The molecule has 7 nitrogen and oxygen atoms in total. The maximum absolute atomic E-state index is 13.3. The van der Waals surface area contributed by atoms with Crippen LogP contribution in [0.15, 0.2) is 42.5 Å². The Hall–Kier alpha value is -2.87. The normalized spacial score (nSPS) is 12.2. The smallest absolute Gasteiger partial charge is 0.242 e. The molecular formula is C26H37N3O4S. The van der Waals surface area contributed by atoms with E-state index in [2.05, 4.69) is 5.32 Å². The van der Waals surface area contributed by atoms with Gasteiger partial charge in [0.2, 0.25) is 21.8 Å². The summed E-state index contributed by atoms with van der Waals surface area (Å²) in [5.41, 5.74) is 4.55. The fourth-order valence-electron chi connectivity index (χ4n) is 4.08. The average molecular weight is 488 g/mol. The zero-order valence-electron chi connectivity index (χ0n) is 21.1. The van der Waals surface area contributed by atoms with E-state index in [1.54, 1.807) is 18.0 Å². The van der Waals surface area contributed by atoms with Crippen LogP contribution in [0.5, 0.6) is 0 Å². The van der Waals surface area contributed by atoms with Crippen LogP contribution in [-0.4, -0.2) is 51.0 Å². The van der Waals surface area contributed by atoms with Gasteiger partial charge in [0.25, 0.3) is 0 Å². The van der Waals surface area contributed by atoms with Crippen molar-refractivity contribution < 1.29 is 18.0 Å². The van der Waals surface area contributed by atoms with Crippen molar-refractivity contribution >= 4 is 27.5 Å². The number of anilines is 1. The second kappa shape index (κ2) is 12.0. The number of hydrogen-bond acceptors (Lipinski definition) is 4. The highest BCUT2D eigenvalue weighted by atomic mass is 32.2. The first-order chi connectivity index (χ1) is 16.0. The summed E-state index contributed by atoms with van der Waals surface area (Å²) in [5, 5.41) is 2.66. The van der Waals surface area contributed by atoms with E-state index in [-0.39, 0.29) is 24.8 Å². The minimum Gasteiger partial charge on any atom is -0.357 e. The Balaban J connectivity index is 2.23. The molecule has 0 heterocycles. The molecule has 0 saturated heterocycles. The molecule has 0 aliphatic rings. The van der Waals surface area contributed by atoms with Crippen LogP contribution < -0.4 is 9.62 Å². The van der Waals surface area contributed by atoms with Gasteiger partial charge in [0.15, 0.2) is 0 Å². The summed E-state index contributed by atoms with van der Waals surface area (Å²) in [5.74, 6) is -0.386. The van der Waals surface area contributed by atoms with E-state index in [1.165, 1.54) is 10.6 Å². The van der Waals surface area contributed by atoms with Crippen LogP contribution in [0.2, 0.25) is 0 Å². The lowest BCUT2D eigenvalue weighted by Gasteiger charge is -2.31. The molecule has 1 N–H and O–H groups in total. The van der Waals surface area contributed by atoms with Crippen molar-refractivity contribution in [2.24, 2.45) is 0 Å². The van der Waals surface area contributed by atoms with E-state index >= 15 is 0 Å². The third-order valence-electron chi connectivity index (χ3n) is 6.06. The average Bonchev–Trinajstić information content (AvgIpc) is 2.77. The third kappa shape index (κ3) is 7.06. The summed E-state index contributed by atoms with van der Waals surface area (Å²) in [4.78, 5) is 27.4. The number of carbonyl (C=O) groups excluding carboxylic acids is 2. The molecule has 0 aliphatic heterocycles. The predicted molar refractivity (Wildman–Crippen MR) is 137 cm³/mol. The molecule has 0 unspecified atom stereocenters. The van der Waals surface area contributed by atoms with Crippen molar-refractivity contribution in [1.82, 2.24) is 10.2 Å². The molecule has 2 rings (SSSR count). The topological polar surface area (TPSA) is 86.8 Å². The van der Waals surface area contributed by atoms with Crippen molar-refractivity contribution in [3.05, 3.63) is 64.7 Å². The highest BCUT2D eigenvalue weighted by Gasteiger charge is 2.28. The van der Waals surface area contributed by atoms with E-state index in [0.29, 0.717) is 25.1 Å². The van der Waals surface area contributed by atoms with Gasteiger partial charge in [-0.05, 0) is 56.4 Å². The molecular weight excluding hydrogens is 450 g/mol. The summed E-state index contributed by atoms with van der Waals surface area (Å²) in [6.07, 6.45) is 2.14. The van der Waals surface area contributed by atoms with Gasteiger partial charge in [-0.25, -0.2) is 8.42 Å². The molecule has 1 atom stereocenters. The Morgan fingerprint density at radius 1 is 1.06 bits per heavy atom. The van der Waals surface area contributed by atoms with Crippen LogP contribution in [0.3, 0.4) is 0 Å². The number of benzene rings is 2. The van der Waals surface area contributed by atoms with Crippen molar-refractivity contribution in [2.45, 2.75) is 59.5 Å². The largest absolute Gasteiger partial charge is 0.357 e. The number of likely N-dealkylation sites (N-methyl/N-ethyl adjacent to an activating group) is 1. The standard InChI is InChI=1S/C26H37N3O4S/c1-7-23(26(31)27-5)28(18-22-13-8-11-19(2)17-22)25(30)15-10-16-29(34(6,32)33)24-14-9-12-20(3)21(24)4/h8-9,11-14,17,23H,7,10,15-16,18H2,1-6H3,(H,27,31)/t23-/m1/s1. The summed E-state index contributed by atoms with van der Waals surface area (Å²) in [7, 11) is -1.96. The van der Waals surface area contributed by atoms with Crippen LogP contribution in [0, 0.1) is 20.8 Å². The van der Waals surface area contributed by atoms with Crippen molar-refractivity contribution in [1.29, 1.82) is 0 Å². The molecule has 2 amide bonds. The summed E-state index contributed by atoms with van der Waals surface area (Å²) >= 11 is 0. The quantitative estimate of drug-likeness (QED) is 0.523. The highest BCUT2D eigenvalue weighted by molar-refractivity contribution is 7.92. The molecule has 0 radical (unpaired) electrons. The van der Waals surface area contributed by atoms with Crippen LogP contribution >= 0.6 is 0 Å². The predicted octanol–water partition coefficient (Wildman–Crippen LogP) is 3.71. The van der Waals surface area contributed by atoms with Crippen molar-refractivity contribution in [3.8, 4) is 0 Å². The lowest BCUT2D eigenvalue weighted by Crippen LogP contribution is -2.48. The van der Waals surface area contributed by atoms with E-state index < -0.39 is 16.1 Å². The maximum atomic E-state index is 13.3. The number of amides is 2. The second-order valence-corrected chi connectivity index (χ2v) is 10.6. The summed E-state index contributed by atoms with van der Waals surface area (Å²) in [6.45, 7) is 8.20. The monoisotopic (exact) mass is 487 g/mol. The number of sulfonamides is 1. The molecule has 0 saturated carbocycles. The first kappa shape index (κ1) is 27.4. The Bertz CT molecular complexity index is 1110. The number of aryl methyl sites for hydroxylation is 2. The molecule has 0 bridgehead atoms. The fourth-order valence-corrected chi connectivity index (χ4v) is 5.10. The summed E-state index contributed by atoms with van der Waals surface area (Å²) in [6, 6.07) is 12.8. The van der Waals surface area contributed by atoms with Gasteiger partial charge >= 0.3 is 0 Å². The van der Waals surface area contributed by atoms with Crippen LogP contribution in [0.25, 0.3) is 0 Å². The van der Waals surface area contributed by atoms with Gasteiger partial charge in [0.1, 0.15) is 6.04 Å². The lowest BCUT2D eigenvalue weighted by atomic mass is 10.1. The van der Waals surface area contributed by atoms with Gasteiger partial charge in [0.05, 0.1) is 11.9 Å². The molecule has 2 aromatic carbocycles. The number of nitrogens with one attached hydrogen (secondary N) is 1. The molecule has 0 aliphatic carbocycles. The van der Waals surface area contributed by atoms with Crippen LogP contribution in [-0.2, 0) is 26.2 Å². The maximum Gasteiger partial charge on any atom is 0.242 e. The van der Waals surface area contributed by atoms with E-state index in [1.807, 2.05) is 64.1 Å². The third-order valence-corrected chi connectivity index (χ3v) is 7.24. The fraction of sp³-hybridized carbons (Fsp3) is 0.462. The van der Waals surface area contributed by atoms with E-state index in [4.69, 9.17) is 0 Å². The lowest BCUT2D eigenvalue weighted by molar-refractivity contribution is -0.141. The number of nitrogens with zero attached hydrogens (tertiary/aromatic N) is 2.